The average molecular weight is 292 g/mol. The van der Waals surface area contributed by atoms with Crippen LogP contribution < -0.4 is 19.5 Å². The van der Waals surface area contributed by atoms with Crippen molar-refractivity contribution in [1.29, 1.82) is 0 Å². The molecule has 3 rings (SSSR count). The molecule has 2 amide bonds. The van der Waals surface area contributed by atoms with Crippen molar-refractivity contribution in [2.45, 2.75) is 12.5 Å². The number of hydrogen-bond acceptors (Lipinski definition) is 5. The predicted molar refractivity (Wildman–Crippen MR) is 72.4 cm³/mol. The van der Waals surface area contributed by atoms with E-state index < -0.39 is 6.04 Å². The zero-order valence-corrected chi connectivity index (χ0v) is 11.8. The number of carbonyl (C=O) groups excluding carboxylic acids is 2. The molecule has 21 heavy (non-hydrogen) atoms. The van der Waals surface area contributed by atoms with E-state index in [1.165, 1.54) is 4.90 Å². The molecule has 2 aliphatic rings. The molecule has 0 radical (unpaired) electrons. The van der Waals surface area contributed by atoms with Gasteiger partial charge >= 0.3 is 0 Å². The first-order chi connectivity index (χ1) is 10.1. The van der Waals surface area contributed by atoms with Gasteiger partial charge in [-0.1, -0.05) is 0 Å². The zero-order chi connectivity index (χ0) is 15.0. The lowest BCUT2D eigenvalue weighted by atomic mass is 10.0. The first kappa shape index (κ1) is 13.5. The first-order valence-corrected chi connectivity index (χ1v) is 6.59. The number of nitrogens with zero attached hydrogens (tertiary/aromatic N) is 1. The number of ether oxygens (including phenoxy) is 3. The third kappa shape index (κ3) is 2.24. The maximum Gasteiger partial charge on any atom is 0.245 e. The number of benzene rings is 1. The second-order valence-corrected chi connectivity index (χ2v) is 4.89. The quantitative estimate of drug-likeness (QED) is 0.825. The minimum Gasteiger partial charge on any atom is -0.493 e. The largest absolute Gasteiger partial charge is 0.493 e. The van der Waals surface area contributed by atoms with Gasteiger partial charge in [-0.25, -0.2) is 0 Å². The van der Waals surface area contributed by atoms with Gasteiger partial charge in [-0.15, -0.1) is 0 Å². The Bertz CT molecular complexity index is 601. The Balaban J connectivity index is 2.00. The molecular weight excluding hydrogens is 276 g/mol. The molecule has 7 nitrogen and oxygen atoms in total. The summed E-state index contributed by atoms with van der Waals surface area (Å²) in [6, 6.07) is 2.95. The number of piperazine rings is 1. The highest BCUT2D eigenvalue weighted by atomic mass is 16.5. The van der Waals surface area contributed by atoms with Crippen molar-refractivity contribution in [3.63, 3.8) is 0 Å². The Kier molecular flexibility index (Phi) is 3.32. The molecule has 2 heterocycles. The second-order valence-electron chi connectivity index (χ2n) is 4.89. The highest BCUT2D eigenvalue weighted by Crippen LogP contribution is 2.37. The van der Waals surface area contributed by atoms with Gasteiger partial charge in [0.15, 0.2) is 18.2 Å². The van der Waals surface area contributed by atoms with Crippen molar-refractivity contribution >= 4 is 11.8 Å². The molecule has 1 N–H and O–H groups in total. The van der Waals surface area contributed by atoms with Gasteiger partial charge in [-0.05, 0) is 6.07 Å². The van der Waals surface area contributed by atoms with Crippen LogP contribution in [0.5, 0.6) is 17.2 Å². The summed E-state index contributed by atoms with van der Waals surface area (Å²) in [7, 11) is 3.09. The monoisotopic (exact) mass is 292 g/mol. The van der Waals surface area contributed by atoms with Crippen molar-refractivity contribution < 1.29 is 23.8 Å². The van der Waals surface area contributed by atoms with Crippen LogP contribution >= 0.6 is 0 Å². The zero-order valence-electron chi connectivity index (χ0n) is 11.8. The lowest BCUT2D eigenvalue weighted by Crippen LogP contribution is -2.59. The molecule has 0 spiro atoms. The van der Waals surface area contributed by atoms with E-state index in [9.17, 15) is 9.59 Å². The lowest BCUT2D eigenvalue weighted by Gasteiger charge is -2.32. The van der Waals surface area contributed by atoms with Crippen LogP contribution in [0.1, 0.15) is 5.56 Å². The van der Waals surface area contributed by atoms with Crippen LogP contribution in [0.25, 0.3) is 0 Å². The number of fused-ring (bicyclic) bond motifs is 2. The van der Waals surface area contributed by atoms with Gasteiger partial charge < -0.3 is 19.5 Å². The molecule has 0 bridgehead atoms. The third-order valence-corrected chi connectivity index (χ3v) is 3.75. The fourth-order valence-electron chi connectivity index (χ4n) is 2.61. The van der Waals surface area contributed by atoms with E-state index in [1.807, 2.05) is 0 Å². The van der Waals surface area contributed by atoms with Gasteiger partial charge in [0.05, 0.1) is 20.8 Å². The van der Waals surface area contributed by atoms with Gasteiger partial charge in [-0.2, -0.15) is 0 Å². The van der Waals surface area contributed by atoms with Crippen molar-refractivity contribution in [3.05, 3.63) is 17.7 Å². The van der Waals surface area contributed by atoms with Crippen LogP contribution in [0.2, 0.25) is 0 Å². The van der Waals surface area contributed by atoms with Crippen molar-refractivity contribution in [2.75, 3.05) is 27.5 Å². The molecule has 0 aromatic heterocycles. The average Bonchev–Trinajstić information content (AvgIpc) is 2.69. The van der Waals surface area contributed by atoms with Crippen LogP contribution in [0.15, 0.2) is 12.1 Å². The fraction of sp³-hybridized carbons (Fsp3) is 0.429. The summed E-state index contributed by atoms with van der Waals surface area (Å²) in [6.45, 7) is 0.0705. The van der Waals surface area contributed by atoms with Crippen LogP contribution in [0.3, 0.4) is 0 Å². The Morgan fingerprint density at radius 1 is 1.24 bits per heavy atom. The Hall–Kier alpha value is -2.44. The molecule has 1 aromatic carbocycles. The summed E-state index contributed by atoms with van der Waals surface area (Å²) >= 11 is 0. The van der Waals surface area contributed by atoms with Crippen molar-refractivity contribution in [1.82, 2.24) is 10.2 Å². The van der Waals surface area contributed by atoms with E-state index >= 15 is 0 Å². The summed E-state index contributed by atoms with van der Waals surface area (Å²) in [5.41, 5.74) is 0.810. The summed E-state index contributed by atoms with van der Waals surface area (Å²) in [4.78, 5) is 25.4. The van der Waals surface area contributed by atoms with Crippen LogP contribution in [0, 0.1) is 0 Å². The number of rotatable bonds is 2. The van der Waals surface area contributed by atoms with Crippen LogP contribution in [0.4, 0.5) is 0 Å². The predicted octanol–water partition coefficient (Wildman–Crippen LogP) is -0.0768. The standard InChI is InChI=1S/C14H16N2O5/c1-19-11-4-8-3-9-14(18)15-6-13(17)16(9)7-21-10(8)5-12(11)20-2/h4-5,9H,3,6-7H2,1-2H3,(H,15,18). The molecule has 1 atom stereocenters. The molecule has 112 valence electrons. The van der Waals surface area contributed by atoms with Gasteiger partial charge in [0.1, 0.15) is 11.8 Å². The van der Waals surface area contributed by atoms with E-state index in [4.69, 9.17) is 14.2 Å². The topological polar surface area (TPSA) is 77.1 Å². The van der Waals surface area contributed by atoms with E-state index in [0.29, 0.717) is 23.7 Å². The smallest absolute Gasteiger partial charge is 0.245 e. The van der Waals surface area contributed by atoms with Crippen molar-refractivity contribution in [2.24, 2.45) is 0 Å². The highest BCUT2D eigenvalue weighted by molar-refractivity contribution is 5.95. The summed E-state index contributed by atoms with van der Waals surface area (Å²) in [5.74, 6) is 1.40. The molecule has 1 unspecified atom stereocenters. The third-order valence-electron chi connectivity index (χ3n) is 3.75. The van der Waals surface area contributed by atoms with Gasteiger partial charge in [-0.3, -0.25) is 14.5 Å². The molecule has 1 aromatic rings. The maximum atomic E-state index is 12.0. The number of amides is 2. The number of nitrogens with one attached hydrogen (secondary N) is 1. The lowest BCUT2D eigenvalue weighted by molar-refractivity contribution is -0.148. The summed E-state index contributed by atoms with van der Waals surface area (Å²) < 4.78 is 16.2. The normalized spacial score (nSPS) is 20.7. The Morgan fingerprint density at radius 2 is 1.95 bits per heavy atom. The molecule has 7 heteroatoms. The fourth-order valence-corrected chi connectivity index (χ4v) is 2.61. The number of hydrogen-bond donors (Lipinski definition) is 1. The summed E-state index contributed by atoms with van der Waals surface area (Å²) in [6.07, 6.45) is 0.382. The Morgan fingerprint density at radius 3 is 2.67 bits per heavy atom. The molecule has 1 fully saturated rings. The van der Waals surface area contributed by atoms with Crippen LogP contribution in [-0.2, 0) is 16.0 Å². The number of methoxy groups -OCH3 is 2. The highest BCUT2D eigenvalue weighted by Gasteiger charge is 2.37. The SMILES string of the molecule is COc1cc2c(cc1OC)OCN1C(=O)CNC(=O)C1C2. The minimum atomic E-state index is -0.550. The molecular formula is C14H16N2O5. The minimum absolute atomic E-state index is 0.0156. The van der Waals surface area contributed by atoms with Gasteiger partial charge in [0.25, 0.3) is 0 Å². The van der Waals surface area contributed by atoms with Crippen molar-refractivity contribution in [3.8, 4) is 17.2 Å². The Labute approximate surface area is 121 Å². The summed E-state index contributed by atoms with van der Waals surface area (Å²) in [5, 5.41) is 2.60. The first-order valence-electron chi connectivity index (χ1n) is 6.59. The molecule has 0 aliphatic carbocycles. The molecule has 1 saturated heterocycles. The van der Waals surface area contributed by atoms with Gasteiger partial charge in [0, 0.05) is 18.1 Å². The maximum absolute atomic E-state index is 12.0. The van der Waals surface area contributed by atoms with Gasteiger partial charge in [0.2, 0.25) is 11.8 Å². The van der Waals surface area contributed by atoms with E-state index in [0.717, 1.165) is 5.56 Å². The van der Waals surface area contributed by atoms with E-state index in [-0.39, 0.29) is 25.1 Å². The molecule has 2 aliphatic heterocycles. The number of carbonyl (C=O) groups is 2. The second kappa shape index (κ2) is 5.16. The van der Waals surface area contributed by atoms with Crippen LogP contribution in [-0.4, -0.2) is 50.3 Å². The van der Waals surface area contributed by atoms with E-state index in [1.54, 1.807) is 26.4 Å². The van der Waals surface area contributed by atoms with E-state index in [2.05, 4.69) is 5.32 Å². The molecule has 0 saturated carbocycles.